The van der Waals surface area contributed by atoms with Crippen molar-refractivity contribution in [2.75, 3.05) is 17.3 Å². The summed E-state index contributed by atoms with van der Waals surface area (Å²) in [5.74, 6) is 0.516. The number of hydrogen-bond donors (Lipinski definition) is 2. The number of thioether (sulfide) groups is 2. The number of benzene rings is 1. The van der Waals surface area contributed by atoms with Gasteiger partial charge in [0.2, 0.25) is 5.91 Å². The predicted molar refractivity (Wildman–Crippen MR) is 128 cm³/mol. The molecule has 0 saturated heterocycles. The van der Waals surface area contributed by atoms with Gasteiger partial charge >= 0.3 is 0 Å². The Labute approximate surface area is 185 Å². The summed E-state index contributed by atoms with van der Waals surface area (Å²) in [5.41, 5.74) is 4.07. The lowest BCUT2D eigenvalue weighted by Gasteiger charge is -2.23. The number of aryl methyl sites for hydroxylation is 1. The normalized spacial score (nSPS) is 18.8. The van der Waals surface area contributed by atoms with Crippen molar-refractivity contribution in [3.63, 3.8) is 0 Å². The van der Waals surface area contributed by atoms with Crippen LogP contribution >= 0.6 is 34.9 Å². The van der Waals surface area contributed by atoms with Gasteiger partial charge in [0.25, 0.3) is 0 Å². The molecule has 0 saturated carbocycles. The van der Waals surface area contributed by atoms with Crippen LogP contribution in [0.1, 0.15) is 46.7 Å². The fourth-order valence-electron chi connectivity index (χ4n) is 3.96. The summed E-state index contributed by atoms with van der Waals surface area (Å²) in [5, 5.41) is 8.85. The Balaban J connectivity index is 1.39. The van der Waals surface area contributed by atoms with Crippen LogP contribution in [-0.2, 0) is 24.1 Å². The molecule has 2 N–H and O–H groups in total. The highest BCUT2D eigenvalue weighted by Gasteiger charge is 2.30. The summed E-state index contributed by atoms with van der Waals surface area (Å²) in [6.07, 6.45) is 7.75. The van der Waals surface area contributed by atoms with E-state index in [1.807, 2.05) is 35.8 Å². The Kier molecular flexibility index (Phi) is 6.88. The van der Waals surface area contributed by atoms with E-state index in [1.54, 1.807) is 23.5 Å². The number of anilines is 1. The summed E-state index contributed by atoms with van der Waals surface area (Å²) < 4.78 is 0. The molecule has 7 heteroatoms. The molecule has 0 unspecified atom stereocenters. The van der Waals surface area contributed by atoms with Gasteiger partial charge in [0.15, 0.2) is 5.17 Å². The van der Waals surface area contributed by atoms with Crippen molar-refractivity contribution in [2.24, 2.45) is 4.99 Å². The third-order valence-electron chi connectivity index (χ3n) is 5.27. The number of rotatable bonds is 6. The van der Waals surface area contributed by atoms with E-state index in [0.29, 0.717) is 5.75 Å². The first-order chi connectivity index (χ1) is 14.1. The van der Waals surface area contributed by atoms with Crippen molar-refractivity contribution in [1.82, 2.24) is 5.32 Å². The predicted octanol–water partition coefficient (Wildman–Crippen LogP) is 5.25. The SMILES string of the molecule is CSC1=N[C@@H](SCC(=O)N[C@@H](C)Cc2ccccc2)c2c(sc3c2CCCC3)N1. The van der Waals surface area contributed by atoms with Crippen molar-refractivity contribution < 1.29 is 4.79 Å². The zero-order chi connectivity index (χ0) is 20.2. The highest BCUT2D eigenvalue weighted by molar-refractivity contribution is 8.13. The lowest BCUT2D eigenvalue weighted by Crippen LogP contribution is -2.35. The van der Waals surface area contributed by atoms with E-state index >= 15 is 0 Å². The van der Waals surface area contributed by atoms with E-state index in [9.17, 15) is 4.79 Å². The van der Waals surface area contributed by atoms with E-state index in [4.69, 9.17) is 4.99 Å². The van der Waals surface area contributed by atoms with Crippen LogP contribution in [0.2, 0.25) is 0 Å². The number of amides is 1. The lowest BCUT2D eigenvalue weighted by molar-refractivity contribution is -0.119. The van der Waals surface area contributed by atoms with Crippen molar-refractivity contribution in [2.45, 2.75) is 50.4 Å². The van der Waals surface area contributed by atoms with Crippen LogP contribution in [0, 0.1) is 0 Å². The number of fused-ring (bicyclic) bond motifs is 3. The summed E-state index contributed by atoms with van der Waals surface area (Å²) in [4.78, 5) is 19.0. The molecular formula is C22H27N3OS3. The van der Waals surface area contributed by atoms with Crippen LogP contribution in [0.15, 0.2) is 35.3 Å². The van der Waals surface area contributed by atoms with Gasteiger partial charge in [0.1, 0.15) is 10.4 Å². The molecule has 4 rings (SSSR count). The van der Waals surface area contributed by atoms with Gasteiger partial charge in [-0.05, 0) is 56.4 Å². The standard InChI is InChI=1S/C22H27N3OS3/c1-14(12-15-8-4-3-5-9-15)23-18(26)13-28-20-19-16-10-6-7-11-17(16)29-21(19)25-22(24-20)27-2/h3-5,8-9,14,20H,6-7,10-13H2,1-2H3,(H,23,26)(H,24,25)/t14-,20-/m0/s1. The molecule has 2 atom stereocenters. The Bertz CT molecular complexity index is 894. The highest BCUT2D eigenvalue weighted by Crippen LogP contribution is 2.48. The molecule has 2 aliphatic rings. The van der Waals surface area contributed by atoms with Gasteiger partial charge in [0, 0.05) is 16.5 Å². The van der Waals surface area contributed by atoms with E-state index in [0.717, 1.165) is 18.0 Å². The summed E-state index contributed by atoms with van der Waals surface area (Å²) in [6.45, 7) is 2.07. The molecule has 29 heavy (non-hydrogen) atoms. The average Bonchev–Trinajstić information content (AvgIpc) is 3.11. The van der Waals surface area contributed by atoms with E-state index in [-0.39, 0.29) is 17.3 Å². The first-order valence-corrected chi connectivity index (χ1v) is 13.2. The second-order valence-electron chi connectivity index (χ2n) is 7.54. The average molecular weight is 446 g/mol. The molecule has 1 amide bonds. The van der Waals surface area contributed by atoms with Gasteiger partial charge in [-0.2, -0.15) is 0 Å². The molecule has 0 fully saturated rings. The number of aliphatic imine (C=N–C) groups is 1. The minimum Gasteiger partial charge on any atom is -0.353 e. The molecule has 1 aliphatic heterocycles. The van der Waals surface area contributed by atoms with Gasteiger partial charge in [-0.1, -0.05) is 42.1 Å². The van der Waals surface area contributed by atoms with Gasteiger partial charge in [0.05, 0.1) is 5.75 Å². The molecule has 1 aliphatic carbocycles. The second-order valence-corrected chi connectivity index (χ2v) is 10.5. The lowest BCUT2D eigenvalue weighted by atomic mass is 9.95. The van der Waals surface area contributed by atoms with Crippen molar-refractivity contribution in [3.8, 4) is 0 Å². The van der Waals surface area contributed by atoms with Crippen LogP contribution in [0.5, 0.6) is 0 Å². The first-order valence-electron chi connectivity index (χ1n) is 10.1. The maximum atomic E-state index is 12.6. The third-order valence-corrected chi connectivity index (χ3v) is 8.17. The fraction of sp³-hybridized carbons (Fsp3) is 0.455. The Hall–Kier alpha value is -1.44. The summed E-state index contributed by atoms with van der Waals surface area (Å²) >= 11 is 5.17. The third kappa shape index (κ3) is 5.01. The van der Waals surface area contributed by atoms with Crippen LogP contribution in [0.25, 0.3) is 0 Å². The maximum absolute atomic E-state index is 12.6. The maximum Gasteiger partial charge on any atom is 0.230 e. The minimum atomic E-state index is 0.0157. The highest BCUT2D eigenvalue weighted by atomic mass is 32.2. The summed E-state index contributed by atoms with van der Waals surface area (Å²) in [6, 6.07) is 10.4. The topological polar surface area (TPSA) is 53.5 Å². The number of nitrogens with one attached hydrogen (secondary N) is 2. The molecule has 0 radical (unpaired) electrons. The molecule has 1 aromatic heterocycles. The minimum absolute atomic E-state index is 0.0157. The van der Waals surface area contributed by atoms with Gasteiger partial charge in [-0.3, -0.25) is 4.79 Å². The monoisotopic (exact) mass is 445 g/mol. The van der Waals surface area contributed by atoms with Gasteiger partial charge < -0.3 is 10.6 Å². The number of nitrogens with zero attached hydrogens (tertiary/aromatic N) is 1. The number of carbonyl (C=O) groups excluding carboxylic acids is 1. The van der Waals surface area contributed by atoms with Gasteiger partial charge in [-0.25, -0.2) is 4.99 Å². The van der Waals surface area contributed by atoms with Crippen LogP contribution in [0.3, 0.4) is 0 Å². The van der Waals surface area contributed by atoms with Crippen LogP contribution in [-0.4, -0.2) is 29.1 Å². The van der Waals surface area contributed by atoms with Crippen LogP contribution < -0.4 is 10.6 Å². The smallest absolute Gasteiger partial charge is 0.230 e. The number of thiophene rings is 1. The van der Waals surface area contributed by atoms with E-state index in [2.05, 4.69) is 29.7 Å². The Morgan fingerprint density at radius 2 is 2.10 bits per heavy atom. The molecule has 1 aromatic carbocycles. The van der Waals surface area contributed by atoms with Gasteiger partial charge in [-0.15, -0.1) is 23.1 Å². The number of carbonyl (C=O) groups is 1. The zero-order valence-electron chi connectivity index (χ0n) is 16.9. The number of hydrogen-bond acceptors (Lipinski definition) is 6. The van der Waals surface area contributed by atoms with Crippen molar-refractivity contribution in [3.05, 3.63) is 51.9 Å². The zero-order valence-corrected chi connectivity index (χ0v) is 19.3. The molecule has 0 bridgehead atoms. The first kappa shape index (κ1) is 20.8. The number of amidine groups is 1. The largest absolute Gasteiger partial charge is 0.353 e. The van der Waals surface area contributed by atoms with Crippen LogP contribution in [0.4, 0.5) is 5.00 Å². The Morgan fingerprint density at radius 3 is 2.90 bits per heavy atom. The summed E-state index contributed by atoms with van der Waals surface area (Å²) in [7, 11) is 0. The molecule has 4 nitrogen and oxygen atoms in total. The van der Waals surface area contributed by atoms with E-state index in [1.165, 1.54) is 45.8 Å². The molecule has 2 aromatic rings. The van der Waals surface area contributed by atoms with Crippen molar-refractivity contribution in [1.29, 1.82) is 0 Å². The Morgan fingerprint density at radius 1 is 1.31 bits per heavy atom. The molecule has 0 spiro atoms. The van der Waals surface area contributed by atoms with Crippen molar-refractivity contribution >= 4 is 50.9 Å². The second kappa shape index (κ2) is 9.58. The molecule has 154 valence electrons. The molecular weight excluding hydrogens is 418 g/mol. The molecule has 2 heterocycles. The quantitative estimate of drug-likeness (QED) is 0.638. The fourth-order valence-corrected chi connectivity index (χ4v) is 6.90. The van der Waals surface area contributed by atoms with E-state index < -0.39 is 0 Å².